The fourth-order valence-electron chi connectivity index (χ4n) is 2.02. The van der Waals surface area contributed by atoms with Crippen LogP contribution in [0.25, 0.3) is 0 Å². The number of nitro groups is 1. The first-order valence-electron chi connectivity index (χ1n) is 6.48. The first-order chi connectivity index (χ1) is 9.90. The molecule has 0 saturated carbocycles. The van der Waals surface area contributed by atoms with Crippen LogP contribution in [0, 0.1) is 17.0 Å². The first kappa shape index (κ1) is 14.8. The molecule has 0 N–H and O–H groups in total. The molecule has 1 atom stereocenters. The number of furan rings is 1. The number of benzene rings is 1. The van der Waals surface area contributed by atoms with E-state index in [9.17, 15) is 14.9 Å². The van der Waals surface area contributed by atoms with E-state index in [1.54, 1.807) is 38.2 Å². The minimum absolute atomic E-state index is 0.00837. The summed E-state index contributed by atoms with van der Waals surface area (Å²) in [5.41, 5.74) is 0.706. The molecule has 1 amide bonds. The highest BCUT2D eigenvalue weighted by Gasteiger charge is 2.22. The van der Waals surface area contributed by atoms with E-state index < -0.39 is 4.92 Å². The Kier molecular flexibility index (Phi) is 4.07. The van der Waals surface area contributed by atoms with Crippen LogP contribution in [-0.4, -0.2) is 22.8 Å². The van der Waals surface area contributed by atoms with E-state index in [0.29, 0.717) is 11.3 Å². The number of nitro benzene ring substituents is 1. The zero-order chi connectivity index (χ0) is 15.6. The SMILES string of the molecule is Cc1ccc(C(=O)N(C)C(C)c2cccc([N+](=O)[O-])c2)o1. The quantitative estimate of drug-likeness (QED) is 0.638. The predicted octanol–water partition coefficient (Wildman–Crippen LogP) is 3.33. The molecule has 6 nitrogen and oxygen atoms in total. The second kappa shape index (κ2) is 5.78. The van der Waals surface area contributed by atoms with Crippen LogP contribution in [0.5, 0.6) is 0 Å². The largest absolute Gasteiger partial charge is 0.456 e. The lowest BCUT2D eigenvalue weighted by Crippen LogP contribution is -2.29. The number of non-ortho nitro benzene ring substituents is 1. The van der Waals surface area contributed by atoms with Crippen molar-refractivity contribution in [3.8, 4) is 0 Å². The molecule has 1 heterocycles. The molecule has 0 bridgehead atoms. The van der Waals surface area contributed by atoms with E-state index in [1.807, 2.05) is 6.92 Å². The molecule has 1 unspecified atom stereocenters. The number of aryl methyl sites for hydroxylation is 1. The number of hydrogen-bond donors (Lipinski definition) is 0. The van der Waals surface area contributed by atoms with E-state index in [0.717, 1.165) is 0 Å². The fourth-order valence-corrected chi connectivity index (χ4v) is 2.02. The van der Waals surface area contributed by atoms with Crippen molar-refractivity contribution in [1.82, 2.24) is 4.90 Å². The van der Waals surface area contributed by atoms with Gasteiger partial charge in [0.15, 0.2) is 5.76 Å². The molecule has 1 aromatic carbocycles. The van der Waals surface area contributed by atoms with Gasteiger partial charge in [0.1, 0.15) is 5.76 Å². The Balaban J connectivity index is 2.22. The number of amides is 1. The van der Waals surface area contributed by atoms with E-state index in [-0.39, 0.29) is 23.4 Å². The monoisotopic (exact) mass is 288 g/mol. The lowest BCUT2D eigenvalue weighted by atomic mass is 10.1. The molecule has 0 fully saturated rings. The van der Waals surface area contributed by atoms with Crippen molar-refractivity contribution in [2.45, 2.75) is 19.9 Å². The smallest absolute Gasteiger partial charge is 0.289 e. The second-order valence-electron chi connectivity index (χ2n) is 4.85. The molecule has 0 spiro atoms. The van der Waals surface area contributed by atoms with E-state index >= 15 is 0 Å². The normalized spacial score (nSPS) is 12.0. The molecule has 0 aliphatic rings. The summed E-state index contributed by atoms with van der Waals surface area (Å²) in [6, 6.07) is 9.31. The summed E-state index contributed by atoms with van der Waals surface area (Å²) in [4.78, 5) is 24.2. The summed E-state index contributed by atoms with van der Waals surface area (Å²) in [6.07, 6.45) is 0. The van der Waals surface area contributed by atoms with Gasteiger partial charge in [-0.3, -0.25) is 14.9 Å². The first-order valence-corrected chi connectivity index (χ1v) is 6.48. The lowest BCUT2D eigenvalue weighted by molar-refractivity contribution is -0.384. The summed E-state index contributed by atoms with van der Waals surface area (Å²) in [5.74, 6) is 0.657. The summed E-state index contributed by atoms with van der Waals surface area (Å²) in [6.45, 7) is 3.58. The van der Waals surface area contributed by atoms with Crippen molar-refractivity contribution in [2.24, 2.45) is 0 Å². The Morgan fingerprint density at radius 3 is 2.62 bits per heavy atom. The topological polar surface area (TPSA) is 76.6 Å². The number of carbonyl (C=O) groups excluding carboxylic acids is 1. The van der Waals surface area contributed by atoms with Gasteiger partial charge >= 0.3 is 0 Å². The lowest BCUT2D eigenvalue weighted by Gasteiger charge is -2.24. The Morgan fingerprint density at radius 2 is 2.05 bits per heavy atom. The van der Waals surface area contributed by atoms with Crippen molar-refractivity contribution in [3.63, 3.8) is 0 Å². The molecule has 6 heteroatoms. The van der Waals surface area contributed by atoms with E-state index in [4.69, 9.17) is 4.42 Å². The Hall–Kier alpha value is -2.63. The average molecular weight is 288 g/mol. The van der Waals surface area contributed by atoms with Gasteiger partial charge in [-0.1, -0.05) is 12.1 Å². The van der Waals surface area contributed by atoms with Crippen molar-refractivity contribution in [1.29, 1.82) is 0 Å². The van der Waals surface area contributed by atoms with Crippen LogP contribution in [0.4, 0.5) is 5.69 Å². The Bertz CT molecular complexity index is 678. The fraction of sp³-hybridized carbons (Fsp3) is 0.267. The highest BCUT2D eigenvalue weighted by atomic mass is 16.6. The maximum absolute atomic E-state index is 12.3. The molecular formula is C15H16N2O4. The summed E-state index contributed by atoms with van der Waals surface area (Å²) < 4.78 is 5.31. The van der Waals surface area contributed by atoms with Gasteiger partial charge in [0.25, 0.3) is 11.6 Å². The summed E-state index contributed by atoms with van der Waals surface area (Å²) in [7, 11) is 1.64. The standard InChI is InChI=1S/C15H16N2O4/c1-10-7-8-14(21-10)15(18)16(3)11(2)12-5-4-6-13(9-12)17(19)20/h4-9,11H,1-3H3. The van der Waals surface area contributed by atoms with Gasteiger partial charge in [-0.2, -0.15) is 0 Å². The molecule has 0 aliphatic heterocycles. The molecule has 2 aromatic rings. The number of nitrogens with zero attached hydrogens (tertiary/aromatic N) is 2. The predicted molar refractivity (Wildman–Crippen MR) is 77.0 cm³/mol. The zero-order valence-electron chi connectivity index (χ0n) is 12.1. The maximum atomic E-state index is 12.3. The van der Waals surface area contributed by atoms with Crippen molar-refractivity contribution in [3.05, 3.63) is 63.6 Å². The third-order valence-electron chi connectivity index (χ3n) is 3.42. The van der Waals surface area contributed by atoms with Crippen molar-refractivity contribution in [2.75, 3.05) is 7.05 Å². The van der Waals surface area contributed by atoms with E-state index in [2.05, 4.69) is 0 Å². The third-order valence-corrected chi connectivity index (χ3v) is 3.42. The molecular weight excluding hydrogens is 272 g/mol. The molecule has 21 heavy (non-hydrogen) atoms. The number of hydrogen-bond acceptors (Lipinski definition) is 4. The van der Waals surface area contributed by atoms with Gasteiger partial charge in [0.2, 0.25) is 0 Å². The van der Waals surface area contributed by atoms with Crippen LogP contribution in [0.15, 0.2) is 40.8 Å². The van der Waals surface area contributed by atoms with Crippen LogP contribution in [-0.2, 0) is 0 Å². The van der Waals surface area contributed by atoms with Gasteiger partial charge in [-0.05, 0) is 31.5 Å². The van der Waals surface area contributed by atoms with Gasteiger partial charge < -0.3 is 9.32 Å². The van der Waals surface area contributed by atoms with E-state index in [1.165, 1.54) is 17.0 Å². The van der Waals surface area contributed by atoms with Crippen molar-refractivity contribution >= 4 is 11.6 Å². The zero-order valence-corrected chi connectivity index (χ0v) is 12.1. The van der Waals surface area contributed by atoms with Crippen LogP contribution in [0.1, 0.15) is 34.8 Å². The molecule has 1 aromatic heterocycles. The van der Waals surface area contributed by atoms with Gasteiger partial charge in [0, 0.05) is 19.2 Å². The van der Waals surface area contributed by atoms with Gasteiger partial charge in [-0.25, -0.2) is 0 Å². The highest BCUT2D eigenvalue weighted by Crippen LogP contribution is 2.24. The number of rotatable bonds is 4. The van der Waals surface area contributed by atoms with Crippen LogP contribution >= 0.6 is 0 Å². The van der Waals surface area contributed by atoms with Crippen LogP contribution in [0.3, 0.4) is 0 Å². The van der Waals surface area contributed by atoms with Crippen LogP contribution in [0.2, 0.25) is 0 Å². The van der Waals surface area contributed by atoms with Crippen molar-refractivity contribution < 1.29 is 14.1 Å². The third kappa shape index (κ3) is 3.10. The average Bonchev–Trinajstić information content (AvgIpc) is 2.91. The van der Waals surface area contributed by atoms with Gasteiger partial charge in [-0.15, -0.1) is 0 Å². The Labute approximate surface area is 122 Å². The molecule has 0 radical (unpaired) electrons. The summed E-state index contributed by atoms with van der Waals surface area (Å²) in [5, 5.41) is 10.8. The summed E-state index contributed by atoms with van der Waals surface area (Å²) >= 11 is 0. The highest BCUT2D eigenvalue weighted by molar-refractivity contribution is 5.91. The molecule has 110 valence electrons. The van der Waals surface area contributed by atoms with Crippen LogP contribution < -0.4 is 0 Å². The number of carbonyl (C=O) groups is 1. The Morgan fingerprint density at radius 1 is 1.33 bits per heavy atom. The minimum atomic E-state index is -0.450. The second-order valence-corrected chi connectivity index (χ2v) is 4.85. The molecule has 2 rings (SSSR count). The molecule has 0 aliphatic carbocycles. The minimum Gasteiger partial charge on any atom is -0.456 e. The maximum Gasteiger partial charge on any atom is 0.289 e. The molecule has 0 saturated heterocycles. The van der Waals surface area contributed by atoms with Gasteiger partial charge in [0.05, 0.1) is 11.0 Å².